The summed E-state index contributed by atoms with van der Waals surface area (Å²) in [5, 5.41) is 11.1. The molecule has 0 spiro atoms. The Bertz CT molecular complexity index is 501. The lowest BCUT2D eigenvalue weighted by atomic mass is 10.1. The molecule has 0 fully saturated rings. The zero-order valence-corrected chi connectivity index (χ0v) is 12.5. The summed E-state index contributed by atoms with van der Waals surface area (Å²) < 4.78 is 10.7. The van der Waals surface area contributed by atoms with Crippen molar-refractivity contribution in [3.05, 3.63) is 23.8 Å². The van der Waals surface area contributed by atoms with Gasteiger partial charge in [0.2, 0.25) is 5.91 Å². The van der Waals surface area contributed by atoms with Crippen LogP contribution in [0.2, 0.25) is 0 Å². The number of ether oxygens (including phenoxy) is 2. The summed E-state index contributed by atoms with van der Waals surface area (Å²) in [6, 6.07) is 4.59. The van der Waals surface area contributed by atoms with Crippen molar-refractivity contribution in [1.82, 2.24) is 5.32 Å². The van der Waals surface area contributed by atoms with Gasteiger partial charge in [-0.1, -0.05) is 6.07 Å². The van der Waals surface area contributed by atoms with Gasteiger partial charge in [0.15, 0.2) is 11.5 Å². The Hall–Kier alpha value is -2.24. The number of nitrogens with one attached hydrogen (secondary N) is 1. The van der Waals surface area contributed by atoms with E-state index >= 15 is 0 Å². The Balaban J connectivity index is 2.61. The Labute approximate surface area is 124 Å². The summed E-state index contributed by atoms with van der Waals surface area (Å²) in [5.41, 5.74) is 0.928. The van der Waals surface area contributed by atoms with Crippen molar-refractivity contribution < 1.29 is 24.2 Å². The first kappa shape index (κ1) is 16.8. The van der Waals surface area contributed by atoms with Gasteiger partial charge >= 0.3 is 5.97 Å². The number of carboxylic acids is 1. The molecule has 0 bridgehead atoms. The highest BCUT2D eigenvalue weighted by molar-refractivity contribution is 5.83. The standard InChI is InChI=1S/C15H21NO5/c1-4-21-13-9-11(5-7-12(13)20-3)6-8-14(17)16-10(2)15(18)19/h5,7,9-10H,4,6,8H2,1-3H3,(H,16,17)(H,18,19). The van der Waals surface area contributed by atoms with Crippen LogP contribution in [0.25, 0.3) is 0 Å². The van der Waals surface area contributed by atoms with Gasteiger partial charge in [-0.15, -0.1) is 0 Å². The lowest BCUT2D eigenvalue weighted by molar-refractivity contribution is -0.141. The van der Waals surface area contributed by atoms with Crippen LogP contribution in [0.4, 0.5) is 0 Å². The van der Waals surface area contributed by atoms with Gasteiger partial charge in [0.1, 0.15) is 6.04 Å². The molecule has 0 saturated heterocycles. The number of carbonyl (C=O) groups excluding carboxylic acids is 1. The number of rotatable bonds is 8. The summed E-state index contributed by atoms with van der Waals surface area (Å²) in [5.74, 6) is -0.0635. The molecule has 0 aliphatic carbocycles. The smallest absolute Gasteiger partial charge is 0.325 e. The van der Waals surface area contributed by atoms with Gasteiger partial charge in [-0.3, -0.25) is 9.59 Å². The fourth-order valence-electron chi connectivity index (χ4n) is 1.78. The van der Waals surface area contributed by atoms with Crippen LogP contribution in [0.3, 0.4) is 0 Å². The highest BCUT2D eigenvalue weighted by atomic mass is 16.5. The second-order valence-electron chi connectivity index (χ2n) is 4.55. The second-order valence-corrected chi connectivity index (χ2v) is 4.55. The number of amides is 1. The van der Waals surface area contributed by atoms with Crippen LogP contribution in [0, 0.1) is 0 Å². The Morgan fingerprint density at radius 3 is 2.62 bits per heavy atom. The molecule has 6 heteroatoms. The number of hydrogen-bond donors (Lipinski definition) is 2. The molecular formula is C15H21NO5. The summed E-state index contributed by atoms with van der Waals surface area (Å²) >= 11 is 0. The van der Waals surface area contributed by atoms with Gasteiger partial charge in [-0.25, -0.2) is 0 Å². The minimum absolute atomic E-state index is 0.218. The molecule has 1 unspecified atom stereocenters. The maximum atomic E-state index is 11.6. The van der Waals surface area contributed by atoms with Crippen LogP contribution < -0.4 is 14.8 Å². The third-order valence-electron chi connectivity index (χ3n) is 2.92. The Morgan fingerprint density at radius 1 is 1.33 bits per heavy atom. The first-order valence-corrected chi connectivity index (χ1v) is 6.79. The normalized spacial score (nSPS) is 11.6. The van der Waals surface area contributed by atoms with Gasteiger partial charge < -0.3 is 19.9 Å². The highest BCUT2D eigenvalue weighted by Crippen LogP contribution is 2.28. The molecule has 0 aromatic heterocycles. The fourth-order valence-corrected chi connectivity index (χ4v) is 1.78. The second kappa shape index (κ2) is 8.14. The quantitative estimate of drug-likeness (QED) is 0.761. The molecule has 0 heterocycles. The van der Waals surface area contributed by atoms with E-state index in [1.165, 1.54) is 6.92 Å². The van der Waals surface area contributed by atoms with Gasteiger partial charge in [0.25, 0.3) is 0 Å². The summed E-state index contributed by atoms with van der Waals surface area (Å²) in [6.45, 7) is 3.84. The van der Waals surface area contributed by atoms with Crippen molar-refractivity contribution in [3.63, 3.8) is 0 Å². The van der Waals surface area contributed by atoms with Crippen LogP contribution in [-0.4, -0.2) is 36.7 Å². The average Bonchev–Trinajstić information content (AvgIpc) is 2.45. The van der Waals surface area contributed by atoms with E-state index in [0.29, 0.717) is 24.5 Å². The molecule has 1 atom stereocenters. The van der Waals surface area contributed by atoms with Crippen molar-refractivity contribution >= 4 is 11.9 Å². The summed E-state index contributed by atoms with van der Waals surface area (Å²) in [4.78, 5) is 22.3. The van der Waals surface area contributed by atoms with E-state index in [9.17, 15) is 9.59 Å². The van der Waals surface area contributed by atoms with Crippen molar-refractivity contribution in [1.29, 1.82) is 0 Å². The van der Waals surface area contributed by atoms with Crippen molar-refractivity contribution in [3.8, 4) is 11.5 Å². The Kier molecular flexibility index (Phi) is 6.52. The molecule has 0 radical (unpaired) electrons. The van der Waals surface area contributed by atoms with Crippen LogP contribution in [0.15, 0.2) is 18.2 Å². The minimum atomic E-state index is -1.05. The predicted octanol–water partition coefficient (Wildman–Crippen LogP) is 1.62. The highest BCUT2D eigenvalue weighted by Gasteiger charge is 2.14. The van der Waals surface area contributed by atoms with E-state index in [1.807, 2.05) is 19.1 Å². The van der Waals surface area contributed by atoms with E-state index in [0.717, 1.165) is 5.56 Å². The summed E-state index contributed by atoms with van der Waals surface area (Å²) in [7, 11) is 1.57. The molecule has 21 heavy (non-hydrogen) atoms. The van der Waals surface area contributed by atoms with E-state index in [1.54, 1.807) is 13.2 Å². The predicted molar refractivity (Wildman–Crippen MR) is 77.7 cm³/mol. The SMILES string of the molecule is CCOc1cc(CCC(=O)NC(C)C(=O)O)ccc1OC. The number of aliphatic carboxylic acids is 1. The molecular weight excluding hydrogens is 274 g/mol. The van der Waals surface area contributed by atoms with Gasteiger partial charge in [0, 0.05) is 6.42 Å². The summed E-state index contributed by atoms with van der Waals surface area (Å²) in [6.07, 6.45) is 0.720. The van der Waals surface area contributed by atoms with Gasteiger partial charge in [-0.05, 0) is 38.0 Å². The van der Waals surface area contributed by atoms with E-state index < -0.39 is 12.0 Å². The largest absolute Gasteiger partial charge is 0.493 e. The zero-order valence-electron chi connectivity index (χ0n) is 12.5. The minimum Gasteiger partial charge on any atom is -0.493 e. The fraction of sp³-hybridized carbons (Fsp3) is 0.467. The first-order valence-electron chi connectivity index (χ1n) is 6.79. The van der Waals surface area contributed by atoms with Gasteiger partial charge in [-0.2, -0.15) is 0 Å². The molecule has 1 rings (SSSR count). The number of hydrogen-bond acceptors (Lipinski definition) is 4. The number of carboxylic acid groups (broad SMARTS) is 1. The molecule has 1 aromatic carbocycles. The van der Waals surface area contributed by atoms with E-state index in [2.05, 4.69) is 5.32 Å². The van der Waals surface area contributed by atoms with Crippen LogP contribution in [0.1, 0.15) is 25.8 Å². The maximum absolute atomic E-state index is 11.6. The molecule has 6 nitrogen and oxygen atoms in total. The van der Waals surface area contributed by atoms with Crippen LogP contribution in [0.5, 0.6) is 11.5 Å². The van der Waals surface area contributed by atoms with Crippen LogP contribution in [-0.2, 0) is 16.0 Å². The van der Waals surface area contributed by atoms with Gasteiger partial charge in [0.05, 0.1) is 13.7 Å². The van der Waals surface area contributed by atoms with Crippen molar-refractivity contribution in [2.45, 2.75) is 32.7 Å². The molecule has 1 aromatic rings. The molecule has 116 valence electrons. The van der Waals surface area contributed by atoms with E-state index in [4.69, 9.17) is 14.6 Å². The van der Waals surface area contributed by atoms with Crippen molar-refractivity contribution in [2.24, 2.45) is 0 Å². The maximum Gasteiger partial charge on any atom is 0.325 e. The third kappa shape index (κ3) is 5.33. The number of benzene rings is 1. The average molecular weight is 295 g/mol. The monoisotopic (exact) mass is 295 g/mol. The third-order valence-corrected chi connectivity index (χ3v) is 2.92. The van der Waals surface area contributed by atoms with E-state index in [-0.39, 0.29) is 12.3 Å². The number of aryl methyl sites for hydroxylation is 1. The van der Waals surface area contributed by atoms with Crippen LogP contribution >= 0.6 is 0 Å². The first-order chi connectivity index (χ1) is 9.97. The Morgan fingerprint density at radius 2 is 2.05 bits per heavy atom. The van der Waals surface area contributed by atoms with Crippen molar-refractivity contribution in [2.75, 3.05) is 13.7 Å². The lowest BCUT2D eigenvalue weighted by Gasteiger charge is -2.12. The topological polar surface area (TPSA) is 84.9 Å². The molecule has 2 N–H and O–H groups in total. The number of methoxy groups -OCH3 is 1. The number of carbonyl (C=O) groups is 2. The molecule has 1 amide bonds. The molecule has 0 saturated carbocycles. The molecule has 0 aliphatic heterocycles. The molecule has 0 aliphatic rings. The zero-order chi connectivity index (χ0) is 15.8. The lowest BCUT2D eigenvalue weighted by Crippen LogP contribution is -2.38.